The predicted molar refractivity (Wildman–Crippen MR) is 173 cm³/mol. The van der Waals surface area contributed by atoms with Crippen LogP contribution in [0.2, 0.25) is 0 Å². The lowest BCUT2D eigenvalue weighted by molar-refractivity contribution is -0.171. The Morgan fingerprint density at radius 1 is 1.09 bits per heavy atom. The second-order valence-corrected chi connectivity index (χ2v) is 16.4. The maximum absolute atomic E-state index is 15.0. The third-order valence-corrected chi connectivity index (χ3v) is 12.1. The number of carboxylic acids is 1. The molecule has 0 amide bonds. The number of hydrogen-bond donors (Lipinski definition) is 3. The van der Waals surface area contributed by atoms with Crippen molar-refractivity contribution in [3.8, 4) is 17.2 Å². The molecule has 0 radical (unpaired) electrons. The Kier molecular flexibility index (Phi) is 6.71. The van der Waals surface area contributed by atoms with Crippen LogP contribution in [0.15, 0.2) is 34.9 Å². The largest absolute Gasteiger partial charge is 0.507 e. The van der Waals surface area contributed by atoms with Crippen molar-refractivity contribution in [3.63, 3.8) is 0 Å². The van der Waals surface area contributed by atoms with Gasteiger partial charge in [0.1, 0.15) is 28.4 Å². The van der Waals surface area contributed by atoms with Crippen molar-refractivity contribution in [2.45, 2.75) is 128 Å². The van der Waals surface area contributed by atoms with E-state index in [1.54, 1.807) is 19.9 Å². The van der Waals surface area contributed by atoms with E-state index in [4.69, 9.17) is 14.2 Å². The van der Waals surface area contributed by atoms with Crippen LogP contribution in [0.4, 0.5) is 0 Å². The van der Waals surface area contributed by atoms with E-state index in [0.29, 0.717) is 49.0 Å². The summed E-state index contributed by atoms with van der Waals surface area (Å²) in [6.07, 6.45) is 7.91. The third kappa shape index (κ3) is 4.17. The summed E-state index contributed by atoms with van der Waals surface area (Å²) in [5, 5.41) is 33.2. The molecule has 6 bridgehead atoms. The Balaban J connectivity index is 1.52. The number of allylic oxidation sites excluding steroid dienone is 3. The molecule has 3 aliphatic heterocycles. The molecule has 47 heavy (non-hydrogen) atoms. The van der Waals surface area contributed by atoms with Gasteiger partial charge in [0, 0.05) is 46.4 Å². The number of aliphatic carboxylic acids is 1. The first-order valence-corrected chi connectivity index (χ1v) is 16.8. The highest BCUT2D eigenvalue weighted by Gasteiger charge is 2.81. The number of rotatable bonds is 6. The molecule has 0 aromatic heterocycles. The number of aliphatic hydroxyl groups is 1. The number of ketones is 2. The number of aromatic hydroxyl groups is 1. The quantitative estimate of drug-likeness (QED) is 0.246. The number of Topliss-reactive ketones (excluding diaryl/α,β-unsaturated/α-hetero) is 2. The van der Waals surface area contributed by atoms with Crippen LogP contribution in [0, 0.1) is 17.8 Å². The van der Waals surface area contributed by atoms with Crippen LogP contribution in [0.5, 0.6) is 17.2 Å². The number of carbonyl (C=O) groups is 3. The smallest absolute Gasteiger partial charge is 0.330 e. The predicted octanol–water partition coefficient (Wildman–Crippen LogP) is 6.13. The van der Waals surface area contributed by atoms with Crippen LogP contribution in [-0.4, -0.2) is 60.9 Å². The minimum Gasteiger partial charge on any atom is -0.507 e. The molecular weight excluding hydrogens is 600 g/mol. The highest BCUT2D eigenvalue weighted by Crippen LogP contribution is 2.69. The number of carboxylic acid groups (broad SMARTS) is 1. The van der Waals surface area contributed by atoms with Crippen LogP contribution in [-0.2, 0) is 20.7 Å². The summed E-state index contributed by atoms with van der Waals surface area (Å²) in [5.41, 5.74) is -3.06. The zero-order chi connectivity index (χ0) is 34.2. The molecule has 252 valence electrons. The molecule has 3 heterocycles. The van der Waals surface area contributed by atoms with Gasteiger partial charge in [0.25, 0.3) is 0 Å². The monoisotopic (exact) mass is 646 g/mol. The Labute approximate surface area is 275 Å². The summed E-state index contributed by atoms with van der Waals surface area (Å²) in [6.45, 7) is 14.9. The number of fused-ring (bicyclic) bond motifs is 5. The SMILES string of the molecule is CC(C)=CCc1c2c(c(O)c3c1O[C@@]1(C)CCC(C(C)(C)O)[C@@H]3C1)C(=O)C1=C[C@@H]3C[C@H]4C(C)(C)O[C@@](C/C=C(/C)C(=O)O)(C3=O)[C@@]14O2. The highest BCUT2D eigenvalue weighted by molar-refractivity contribution is 6.18. The first kappa shape index (κ1) is 32.1. The second-order valence-electron chi connectivity index (χ2n) is 16.4. The summed E-state index contributed by atoms with van der Waals surface area (Å²) in [6, 6.07) is 0. The fourth-order valence-electron chi connectivity index (χ4n) is 9.91. The summed E-state index contributed by atoms with van der Waals surface area (Å²) >= 11 is 0. The molecule has 3 fully saturated rings. The standard InChI is InChI=1S/C38H46O9/c1-18(2)9-10-21-30-26(22-17-36(8,45-30)13-12-23(22)34(4,5)44)29(40)27-28(39)24-15-20-16-25-35(6,7)47-37(32(20)41,14-11-19(3)33(42)43)38(24,25)46-31(21)27/h9,11,15,20,22-23,25,40,44H,10,12-14,16-17H2,1-8H3,(H,42,43)/b19-11-/t20-,22+,23?,25+,36+,37+,38-/m1/s1. The molecule has 1 aromatic rings. The van der Waals surface area contributed by atoms with Gasteiger partial charge >= 0.3 is 5.97 Å². The molecule has 2 saturated carbocycles. The lowest BCUT2D eigenvalue weighted by Gasteiger charge is -2.57. The number of hydrogen-bond acceptors (Lipinski definition) is 8. The van der Waals surface area contributed by atoms with Gasteiger partial charge in [-0.3, -0.25) is 9.59 Å². The summed E-state index contributed by atoms with van der Waals surface area (Å²) in [5.74, 6) is -2.74. The van der Waals surface area contributed by atoms with Gasteiger partial charge in [-0.1, -0.05) is 23.8 Å². The van der Waals surface area contributed by atoms with E-state index in [2.05, 4.69) is 6.92 Å². The fourth-order valence-corrected chi connectivity index (χ4v) is 9.91. The van der Waals surface area contributed by atoms with Crippen LogP contribution in [0.1, 0.15) is 115 Å². The zero-order valence-electron chi connectivity index (χ0n) is 28.6. The van der Waals surface area contributed by atoms with Crippen molar-refractivity contribution in [1.82, 2.24) is 0 Å². The van der Waals surface area contributed by atoms with Gasteiger partial charge in [-0.15, -0.1) is 0 Å². The van der Waals surface area contributed by atoms with Crippen LogP contribution in [0.3, 0.4) is 0 Å². The van der Waals surface area contributed by atoms with Gasteiger partial charge in [-0.2, -0.15) is 0 Å². The Morgan fingerprint density at radius 2 is 1.79 bits per heavy atom. The van der Waals surface area contributed by atoms with E-state index in [0.717, 1.165) is 5.57 Å². The number of phenolic OH excluding ortho intramolecular Hbond substituents is 1. The second kappa shape index (κ2) is 9.82. The van der Waals surface area contributed by atoms with E-state index in [-0.39, 0.29) is 52.2 Å². The Morgan fingerprint density at radius 3 is 2.43 bits per heavy atom. The molecule has 1 saturated heterocycles. The van der Waals surface area contributed by atoms with Gasteiger partial charge in [0.2, 0.25) is 0 Å². The molecule has 9 heteroatoms. The van der Waals surface area contributed by atoms with Crippen molar-refractivity contribution >= 4 is 17.5 Å². The lowest BCUT2D eigenvalue weighted by Crippen LogP contribution is -2.72. The van der Waals surface area contributed by atoms with E-state index in [9.17, 15) is 29.7 Å². The van der Waals surface area contributed by atoms with E-state index in [1.165, 1.54) is 13.0 Å². The van der Waals surface area contributed by atoms with Crippen molar-refractivity contribution in [3.05, 3.63) is 51.6 Å². The van der Waals surface area contributed by atoms with Gasteiger partial charge < -0.3 is 29.5 Å². The normalized spacial score (nSPS) is 36.0. The van der Waals surface area contributed by atoms with Crippen molar-refractivity contribution in [2.75, 3.05) is 0 Å². The topological polar surface area (TPSA) is 140 Å². The minimum atomic E-state index is -1.65. The zero-order valence-corrected chi connectivity index (χ0v) is 28.6. The first-order valence-electron chi connectivity index (χ1n) is 16.8. The average molecular weight is 647 g/mol. The van der Waals surface area contributed by atoms with Crippen LogP contribution >= 0.6 is 0 Å². The van der Waals surface area contributed by atoms with Gasteiger partial charge in [-0.25, -0.2) is 4.79 Å². The Bertz CT molecular complexity index is 1730. The molecule has 8 rings (SSSR count). The van der Waals surface area contributed by atoms with Crippen molar-refractivity contribution in [2.24, 2.45) is 17.8 Å². The fraction of sp³-hybridized carbons (Fsp3) is 0.605. The molecule has 1 unspecified atom stereocenters. The van der Waals surface area contributed by atoms with Gasteiger partial charge in [-0.05, 0) is 93.4 Å². The molecule has 4 aliphatic carbocycles. The van der Waals surface area contributed by atoms with Crippen LogP contribution < -0.4 is 9.47 Å². The maximum Gasteiger partial charge on any atom is 0.330 e. The average Bonchev–Trinajstić information content (AvgIpc) is 3.11. The number of phenols is 1. The van der Waals surface area contributed by atoms with E-state index >= 15 is 0 Å². The van der Waals surface area contributed by atoms with Crippen molar-refractivity contribution in [1.29, 1.82) is 0 Å². The molecule has 3 N–H and O–H groups in total. The summed E-state index contributed by atoms with van der Waals surface area (Å²) in [7, 11) is 0. The maximum atomic E-state index is 15.0. The number of carbonyl (C=O) groups excluding carboxylic acids is 2. The Hall–Kier alpha value is -3.43. The van der Waals surface area contributed by atoms with E-state index < -0.39 is 51.6 Å². The molecule has 1 aromatic carbocycles. The third-order valence-electron chi connectivity index (χ3n) is 12.1. The number of ether oxygens (including phenoxy) is 3. The van der Waals surface area contributed by atoms with Crippen molar-refractivity contribution < 1.29 is 43.9 Å². The molecular formula is C38H46O9. The molecule has 9 nitrogen and oxygen atoms in total. The van der Waals surface area contributed by atoms with Gasteiger partial charge in [0.15, 0.2) is 22.8 Å². The molecule has 7 atom stereocenters. The van der Waals surface area contributed by atoms with E-state index in [1.807, 2.05) is 33.8 Å². The molecule has 1 spiro atoms. The summed E-state index contributed by atoms with van der Waals surface area (Å²) < 4.78 is 20.8. The van der Waals surface area contributed by atoms with Gasteiger partial charge in [0.05, 0.1) is 11.2 Å². The minimum absolute atomic E-state index is 0.0506. The van der Waals surface area contributed by atoms with Crippen LogP contribution in [0.25, 0.3) is 0 Å². The highest BCUT2D eigenvalue weighted by atomic mass is 16.6. The first-order chi connectivity index (χ1) is 21.8. The lowest BCUT2D eigenvalue weighted by atomic mass is 9.51. The molecule has 7 aliphatic rings. The number of benzene rings is 1. The summed E-state index contributed by atoms with van der Waals surface area (Å²) in [4.78, 5) is 41.2.